The fraction of sp³-hybridized carbons (Fsp3) is 0.136. The van der Waals surface area contributed by atoms with Crippen LogP contribution in [0.2, 0.25) is 5.02 Å². The normalized spacial score (nSPS) is 15.3. The SMILES string of the molecule is CC1(C)OC(c2ccnc(N)n2)=C(c2cc(Cl)cc(NS(=O)(=O)c3c(F)cccc3F)c2F)C1=O. The minimum Gasteiger partial charge on any atom is -0.477 e. The number of ketones is 1. The smallest absolute Gasteiger partial charge is 0.267 e. The number of ether oxygens (including phenoxy) is 1. The number of Topliss-reactive ketones (excluding diaryl/α,β-unsaturated/α-hetero) is 1. The number of hydrogen-bond acceptors (Lipinski definition) is 7. The Balaban J connectivity index is 1.90. The molecule has 0 radical (unpaired) electrons. The summed E-state index contributed by atoms with van der Waals surface area (Å²) < 4.78 is 76.8. The zero-order valence-electron chi connectivity index (χ0n) is 18.1. The molecule has 2 heterocycles. The summed E-state index contributed by atoms with van der Waals surface area (Å²) in [5.74, 6) is -4.93. The van der Waals surface area contributed by atoms with Crippen molar-refractivity contribution in [1.82, 2.24) is 9.97 Å². The fourth-order valence-electron chi connectivity index (χ4n) is 3.46. The van der Waals surface area contributed by atoms with E-state index >= 15 is 4.39 Å². The van der Waals surface area contributed by atoms with Crippen molar-refractivity contribution < 1.29 is 31.1 Å². The molecule has 0 fully saturated rings. The van der Waals surface area contributed by atoms with E-state index < -0.39 is 55.0 Å². The number of sulfonamides is 1. The molecule has 0 spiro atoms. The molecule has 0 bridgehead atoms. The van der Waals surface area contributed by atoms with Gasteiger partial charge in [-0.3, -0.25) is 9.52 Å². The van der Waals surface area contributed by atoms with Crippen LogP contribution in [0.15, 0.2) is 47.5 Å². The average Bonchev–Trinajstić information content (AvgIpc) is 2.99. The van der Waals surface area contributed by atoms with Gasteiger partial charge in [0.2, 0.25) is 11.7 Å². The second-order valence-electron chi connectivity index (χ2n) is 7.92. The summed E-state index contributed by atoms with van der Waals surface area (Å²) in [6.07, 6.45) is 1.30. The number of rotatable bonds is 5. The number of hydrogen-bond donors (Lipinski definition) is 2. The predicted octanol–water partition coefficient (Wildman–Crippen LogP) is 4.18. The second kappa shape index (κ2) is 8.54. The van der Waals surface area contributed by atoms with Crippen LogP contribution in [0.25, 0.3) is 11.3 Å². The van der Waals surface area contributed by atoms with Crippen LogP contribution in [0.1, 0.15) is 25.1 Å². The molecule has 0 saturated carbocycles. The van der Waals surface area contributed by atoms with E-state index in [4.69, 9.17) is 22.1 Å². The van der Waals surface area contributed by atoms with Gasteiger partial charge in [-0.2, -0.15) is 0 Å². The third-order valence-corrected chi connectivity index (χ3v) is 6.64. The summed E-state index contributed by atoms with van der Waals surface area (Å²) >= 11 is 6.11. The highest BCUT2D eigenvalue weighted by molar-refractivity contribution is 7.92. The van der Waals surface area contributed by atoms with Crippen LogP contribution in [0.5, 0.6) is 0 Å². The summed E-state index contributed by atoms with van der Waals surface area (Å²) in [7, 11) is -4.93. The van der Waals surface area contributed by atoms with E-state index in [-0.39, 0.29) is 28.0 Å². The molecule has 0 atom stereocenters. The zero-order chi connectivity index (χ0) is 25.7. The van der Waals surface area contributed by atoms with E-state index in [1.807, 2.05) is 0 Å². The highest BCUT2D eigenvalue weighted by Gasteiger charge is 2.44. The number of nitrogens with zero attached hydrogens (tertiary/aromatic N) is 2. The predicted molar refractivity (Wildman–Crippen MR) is 122 cm³/mol. The molecule has 4 rings (SSSR count). The fourth-order valence-corrected chi connectivity index (χ4v) is 4.87. The lowest BCUT2D eigenvalue weighted by Crippen LogP contribution is -2.29. The Hall–Kier alpha value is -3.64. The van der Waals surface area contributed by atoms with E-state index in [1.165, 1.54) is 26.1 Å². The highest BCUT2D eigenvalue weighted by Crippen LogP contribution is 2.43. The Bertz CT molecular complexity index is 1510. The Morgan fingerprint density at radius 3 is 2.40 bits per heavy atom. The van der Waals surface area contributed by atoms with Crippen molar-refractivity contribution in [1.29, 1.82) is 0 Å². The quantitative estimate of drug-likeness (QED) is 0.513. The van der Waals surface area contributed by atoms with Crippen molar-refractivity contribution in [2.45, 2.75) is 24.3 Å². The van der Waals surface area contributed by atoms with Crippen molar-refractivity contribution in [3.63, 3.8) is 0 Å². The van der Waals surface area contributed by atoms with Crippen LogP contribution in [-0.4, -0.2) is 29.8 Å². The van der Waals surface area contributed by atoms with E-state index in [9.17, 15) is 22.0 Å². The van der Waals surface area contributed by atoms with E-state index in [2.05, 4.69) is 9.97 Å². The number of halogens is 4. The first-order valence-electron chi connectivity index (χ1n) is 9.85. The maximum atomic E-state index is 15.7. The molecule has 0 unspecified atom stereocenters. The number of nitrogen functional groups attached to an aromatic ring is 1. The van der Waals surface area contributed by atoms with Crippen LogP contribution < -0.4 is 10.5 Å². The third kappa shape index (κ3) is 4.42. The molecule has 3 aromatic rings. The van der Waals surface area contributed by atoms with Gasteiger partial charge in [0.25, 0.3) is 10.0 Å². The molecule has 2 aromatic carbocycles. The molecule has 1 aromatic heterocycles. The van der Waals surface area contributed by atoms with Crippen LogP contribution in [0, 0.1) is 17.5 Å². The van der Waals surface area contributed by atoms with Gasteiger partial charge in [0.1, 0.15) is 17.3 Å². The maximum Gasteiger partial charge on any atom is 0.267 e. The Kier molecular flexibility index (Phi) is 5.97. The third-order valence-electron chi connectivity index (χ3n) is 5.00. The summed E-state index contributed by atoms with van der Waals surface area (Å²) in [5.41, 5.74) is 2.80. The van der Waals surface area contributed by atoms with Gasteiger partial charge in [-0.1, -0.05) is 17.7 Å². The van der Waals surface area contributed by atoms with Crippen molar-refractivity contribution in [2.75, 3.05) is 10.5 Å². The van der Waals surface area contributed by atoms with Gasteiger partial charge in [-0.25, -0.2) is 31.6 Å². The van der Waals surface area contributed by atoms with E-state index in [0.29, 0.717) is 0 Å². The van der Waals surface area contributed by atoms with Crippen molar-refractivity contribution in [3.05, 3.63) is 76.3 Å². The van der Waals surface area contributed by atoms with Crippen molar-refractivity contribution in [2.24, 2.45) is 0 Å². The molecule has 1 aliphatic rings. The number of nitrogens with one attached hydrogen (secondary N) is 1. The molecular weight excluding hydrogens is 509 g/mol. The highest BCUT2D eigenvalue weighted by atomic mass is 35.5. The molecule has 0 saturated heterocycles. The number of benzene rings is 2. The monoisotopic (exact) mass is 524 g/mol. The molecule has 1 aliphatic heterocycles. The minimum atomic E-state index is -4.93. The lowest BCUT2D eigenvalue weighted by atomic mass is 9.92. The Morgan fingerprint density at radius 1 is 1.11 bits per heavy atom. The molecule has 0 aliphatic carbocycles. The van der Waals surface area contributed by atoms with Crippen LogP contribution in [-0.2, 0) is 19.6 Å². The number of carbonyl (C=O) groups excluding carboxylic acids is 1. The van der Waals surface area contributed by atoms with Gasteiger partial charge in [0.05, 0.1) is 11.3 Å². The van der Waals surface area contributed by atoms with Gasteiger partial charge < -0.3 is 10.5 Å². The molecule has 13 heteroatoms. The molecule has 3 N–H and O–H groups in total. The molecule has 182 valence electrons. The molecule has 35 heavy (non-hydrogen) atoms. The van der Waals surface area contributed by atoms with Gasteiger partial charge in [-0.05, 0) is 44.2 Å². The van der Waals surface area contributed by atoms with Gasteiger partial charge in [0, 0.05) is 16.8 Å². The summed E-state index contributed by atoms with van der Waals surface area (Å²) in [6, 6.07) is 5.81. The lowest BCUT2D eigenvalue weighted by molar-refractivity contribution is -0.125. The van der Waals surface area contributed by atoms with Crippen LogP contribution >= 0.6 is 11.6 Å². The van der Waals surface area contributed by atoms with Crippen molar-refractivity contribution >= 4 is 50.4 Å². The summed E-state index contributed by atoms with van der Waals surface area (Å²) in [5, 5.41) is -0.181. The largest absolute Gasteiger partial charge is 0.477 e. The Morgan fingerprint density at radius 2 is 1.77 bits per heavy atom. The number of nitrogens with two attached hydrogens (primary N) is 1. The first-order valence-corrected chi connectivity index (χ1v) is 11.7. The Labute approximate surface area is 202 Å². The lowest BCUT2D eigenvalue weighted by Gasteiger charge is -2.17. The molecule has 0 amide bonds. The first-order chi connectivity index (χ1) is 16.3. The summed E-state index contributed by atoms with van der Waals surface area (Å²) in [4.78, 5) is 19.6. The van der Waals surface area contributed by atoms with Gasteiger partial charge >= 0.3 is 0 Å². The van der Waals surface area contributed by atoms with E-state index in [1.54, 1.807) is 4.72 Å². The number of aromatic nitrogens is 2. The van der Waals surface area contributed by atoms with Crippen LogP contribution in [0.4, 0.5) is 24.8 Å². The summed E-state index contributed by atoms with van der Waals surface area (Å²) in [6.45, 7) is 2.89. The molecule has 8 nitrogen and oxygen atoms in total. The second-order valence-corrected chi connectivity index (χ2v) is 9.97. The van der Waals surface area contributed by atoms with E-state index in [0.717, 1.165) is 30.3 Å². The topological polar surface area (TPSA) is 124 Å². The number of carbonyl (C=O) groups is 1. The minimum absolute atomic E-state index is 0.0707. The maximum absolute atomic E-state index is 15.7. The van der Waals surface area contributed by atoms with Gasteiger partial charge in [-0.15, -0.1) is 0 Å². The zero-order valence-corrected chi connectivity index (χ0v) is 19.6. The van der Waals surface area contributed by atoms with Crippen LogP contribution in [0.3, 0.4) is 0 Å². The number of anilines is 2. The van der Waals surface area contributed by atoms with Gasteiger partial charge in [0.15, 0.2) is 22.1 Å². The standard InChI is InChI=1S/C22H16ClF3N4O4S/c1-22(2)20(31)16(18(34-22)14-6-7-28-21(27)29-14)11-8-10(23)9-15(17(11)26)30-35(32,33)19-12(24)4-3-5-13(19)25/h3-9,30H,1-2H3,(H2,27,28,29). The molecular formula is C22H16ClF3N4O4S. The first kappa shape index (κ1) is 24.5. The average molecular weight is 525 g/mol. The van der Waals surface area contributed by atoms with Crippen molar-refractivity contribution in [3.8, 4) is 0 Å².